The largest absolute Gasteiger partial charge is 0.369 e. The number of anilines is 1. The quantitative estimate of drug-likeness (QED) is 0.694. The fourth-order valence-electron chi connectivity index (χ4n) is 1.47. The van der Waals surface area contributed by atoms with Gasteiger partial charge < -0.3 is 10.4 Å². The maximum absolute atomic E-state index is 11.9. The van der Waals surface area contributed by atoms with Crippen molar-refractivity contribution in [2.24, 2.45) is 0 Å². The van der Waals surface area contributed by atoms with Crippen molar-refractivity contribution in [1.29, 1.82) is 0 Å². The molecule has 0 spiro atoms. The average Bonchev–Trinajstić information content (AvgIpc) is 2.84. The molecule has 1 aromatic heterocycles. The van der Waals surface area contributed by atoms with E-state index in [0.29, 0.717) is 0 Å². The lowest BCUT2D eigenvalue weighted by atomic mass is 10.3. The maximum atomic E-state index is 11.9. The van der Waals surface area contributed by atoms with E-state index in [-0.39, 0.29) is 16.0 Å². The predicted molar refractivity (Wildman–Crippen MR) is 67.3 cm³/mol. The summed E-state index contributed by atoms with van der Waals surface area (Å²) in [6.07, 6.45) is 0. The van der Waals surface area contributed by atoms with E-state index in [2.05, 4.69) is 15.5 Å². The topological polar surface area (TPSA) is 116 Å². The van der Waals surface area contributed by atoms with Crippen molar-refractivity contribution in [1.82, 2.24) is 19.8 Å². The van der Waals surface area contributed by atoms with Gasteiger partial charge in [-0.25, -0.2) is 22.4 Å². The zero-order chi connectivity index (χ0) is 14.4. The standard InChI is InChI=1S/C8H13N5O4S2/c1-8(15)4-9-5(14)13(8)6-10-11-7(18-6)19(16,17)12(2)3/h15H,4H2,1-3H3,(H,9,14). The van der Waals surface area contributed by atoms with Crippen molar-refractivity contribution in [2.75, 3.05) is 25.5 Å². The highest BCUT2D eigenvalue weighted by molar-refractivity contribution is 7.91. The lowest BCUT2D eigenvalue weighted by Gasteiger charge is -2.24. The van der Waals surface area contributed by atoms with Crippen LogP contribution in [0.1, 0.15) is 6.92 Å². The summed E-state index contributed by atoms with van der Waals surface area (Å²) in [6.45, 7) is 1.45. The monoisotopic (exact) mass is 307 g/mol. The second-order valence-corrected chi connectivity index (χ2v) is 7.63. The Balaban J connectivity index is 2.40. The number of carbonyl (C=O) groups excluding carboxylic acids is 1. The molecule has 2 heterocycles. The highest BCUT2D eigenvalue weighted by Gasteiger charge is 2.43. The summed E-state index contributed by atoms with van der Waals surface area (Å²) in [4.78, 5) is 12.6. The highest BCUT2D eigenvalue weighted by atomic mass is 32.2. The number of nitrogens with zero attached hydrogens (tertiary/aromatic N) is 4. The van der Waals surface area contributed by atoms with E-state index in [9.17, 15) is 18.3 Å². The van der Waals surface area contributed by atoms with Gasteiger partial charge in [0.15, 0.2) is 5.72 Å². The van der Waals surface area contributed by atoms with Gasteiger partial charge in [0.05, 0.1) is 6.54 Å². The number of urea groups is 1. The molecule has 2 amide bonds. The smallest absolute Gasteiger partial charge is 0.326 e. The van der Waals surface area contributed by atoms with Crippen molar-refractivity contribution in [3.05, 3.63) is 0 Å². The molecule has 1 saturated heterocycles. The molecule has 1 unspecified atom stereocenters. The Bertz CT molecular complexity index is 608. The van der Waals surface area contributed by atoms with Crippen LogP contribution in [0.25, 0.3) is 0 Å². The lowest BCUT2D eigenvalue weighted by Crippen LogP contribution is -2.44. The van der Waals surface area contributed by atoms with Crippen LogP contribution in [0.15, 0.2) is 4.34 Å². The molecule has 1 aliphatic rings. The minimum atomic E-state index is -3.70. The first kappa shape index (κ1) is 14.1. The van der Waals surface area contributed by atoms with Crippen molar-refractivity contribution >= 4 is 32.5 Å². The molecule has 11 heteroatoms. The average molecular weight is 307 g/mol. The first-order valence-electron chi connectivity index (χ1n) is 5.23. The van der Waals surface area contributed by atoms with Crippen LogP contribution in [0.5, 0.6) is 0 Å². The summed E-state index contributed by atoms with van der Waals surface area (Å²) in [6, 6.07) is -0.546. The predicted octanol–water partition coefficient (Wildman–Crippen LogP) is -0.974. The molecule has 1 aliphatic heterocycles. The van der Waals surface area contributed by atoms with Crippen molar-refractivity contribution < 1.29 is 18.3 Å². The Morgan fingerprint density at radius 2 is 2.11 bits per heavy atom. The van der Waals surface area contributed by atoms with Crippen LogP contribution in [-0.2, 0) is 10.0 Å². The summed E-state index contributed by atoms with van der Waals surface area (Å²) >= 11 is 0.725. The third-order valence-corrected chi connectivity index (χ3v) is 5.62. The van der Waals surface area contributed by atoms with Gasteiger partial charge in [0.1, 0.15) is 0 Å². The van der Waals surface area contributed by atoms with Gasteiger partial charge in [-0.05, 0) is 6.92 Å². The third kappa shape index (κ3) is 2.29. The molecule has 0 aliphatic carbocycles. The first-order chi connectivity index (χ1) is 8.66. The van der Waals surface area contributed by atoms with Crippen LogP contribution >= 0.6 is 11.3 Å². The van der Waals surface area contributed by atoms with Gasteiger partial charge in [-0.3, -0.25) is 0 Å². The number of carbonyl (C=O) groups is 1. The van der Waals surface area contributed by atoms with Crippen LogP contribution in [0, 0.1) is 0 Å². The second-order valence-electron chi connectivity index (χ2n) is 4.35. The molecule has 19 heavy (non-hydrogen) atoms. The lowest BCUT2D eigenvalue weighted by molar-refractivity contribution is 0.0857. The molecule has 1 fully saturated rings. The fourth-order valence-corrected chi connectivity index (χ4v) is 3.70. The van der Waals surface area contributed by atoms with Crippen LogP contribution in [-0.4, -0.2) is 60.4 Å². The van der Waals surface area contributed by atoms with E-state index in [1.807, 2.05) is 0 Å². The SMILES string of the molecule is CN(C)S(=O)(=O)c1nnc(N2C(=O)NCC2(C)O)s1. The minimum Gasteiger partial charge on any atom is -0.369 e. The number of β-amino-alcohol motifs (C(OH)–C–C–N with tert-alkyl or cyclic N) is 1. The van der Waals surface area contributed by atoms with Gasteiger partial charge in [-0.15, -0.1) is 10.2 Å². The molecule has 9 nitrogen and oxygen atoms in total. The van der Waals surface area contributed by atoms with Crippen LogP contribution < -0.4 is 10.2 Å². The van der Waals surface area contributed by atoms with E-state index < -0.39 is 21.8 Å². The Morgan fingerprint density at radius 3 is 2.58 bits per heavy atom. The van der Waals surface area contributed by atoms with E-state index in [1.54, 1.807) is 0 Å². The minimum absolute atomic E-state index is 0.0282. The summed E-state index contributed by atoms with van der Waals surface area (Å²) in [5, 5.41) is 19.7. The number of nitrogens with one attached hydrogen (secondary N) is 1. The number of sulfonamides is 1. The molecule has 1 atom stereocenters. The molecule has 106 valence electrons. The molecule has 2 rings (SSSR count). The summed E-state index contributed by atoms with van der Waals surface area (Å²) in [7, 11) is -0.962. The van der Waals surface area contributed by atoms with Gasteiger partial charge in [0.25, 0.3) is 10.0 Å². The van der Waals surface area contributed by atoms with Gasteiger partial charge in [0, 0.05) is 14.1 Å². The molecule has 2 N–H and O–H groups in total. The van der Waals surface area contributed by atoms with Gasteiger partial charge in [0.2, 0.25) is 9.47 Å². The first-order valence-corrected chi connectivity index (χ1v) is 7.48. The van der Waals surface area contributed by atoms with Crippen molar-refractivity contribution in [3.8, 4) is 0 Å². The number of aliphatic hydroxyl groups is 1. The summed E-state index contributed by atoms with van der Waals surface area (Å²) in [5.41, 5.74) is -1.46. The van der Waals surface area contributed by atoms with Gasteiger partial charge in [-0.1, -0.05) is 11.3 Å². The Morgan fingerprint density at radius 1 is 1.47 bits per heavy atom. The summed E-state index contributed by atoms with van der Waals surface area (Å²) < 4.78 is 24.5. The maximum Gasteiger partial charge on any atom is 0.326 e. The molecule has 1 aromatic rings. The van der Waals surface area contributed by atoms with E-state index in [1.165, 1.54) is 21.0 Å². The molecular formula is C8H13N5O4S2. The second kappa shape index (κ2) is 4.37. The Hall–Kier alpha value is -1.30. The van der Waals surface area contributed by atoms with Crippen molar-refractivity contribution in [2.45, 2.75) is 17.0 Å². The Kier molecular flexibility index (Phi) is 3.24. The fraction of sp³-hybridized carbons (Fsp3) is 0.625. The highest BCUT2D eigenvalue weighted by Crippen LogP contribution is 2.31. The third-order valence-electron chi connectivity index (χ3n) is 2.55. The number of hydrogen-bond acceptors (Lipinski definition) is 7. The number of rotatable bonds is 3. The van der Waals surface area contributed by atoms with Crippen LogP contribution in [0.3, 0.4) is 0 Å². The van der Waals surface area contributed by atoms with Gasteiger partial charge in [-0.2, -0.15) is 0 Å². The van der Waals surface area contributed by atoms with Gasteiger partial charge >= 0.3 is 6.03 Å². The van der Waals surface area contributed by atoms with Crippen molar-refractivity contribution in [3.63, 3.8) is 0 Å². The molecular weight excluding hydrogens is 294 g/mol. The zero-order valence-electron chi connectivity index (χ0n) is 10.5. The number of amides is 2. The summed E-state index contributed by atoms with van der Waals surface area (Å²) in [5.74, 6) is 0. The number of aromatic nitrogens is 2. The number of hydrogen-bond donors (Lipinski definition) is 2. The molecule has 0 radical (unpaired) electrons. The normalized spacial score (nSPS) is 24.1. The molecule has 0 bridgehead atoms. The van der Waals surface area contributed by atoms with E-state index in [0.717, 1.165) is 20.5 Å². The van der Waals surface area contributed by atoms with E-state index >= 15 is 0 Å². The van der Waals surface area contributed by atoms with Crippen LogP contribution in [0.2, 0.25) is 0 Å². The molecule has 0 aromatic carbocycles. The molecule has 0 saturated carbocycles. The Labute approximate surface area is 113 Å². The van der Waals surface area contributed by atoms with E-state index in [4.69, 9.17) is 0 Å². The zero-order valence-corrected chi connectivity index (χ0v) is 12.1. The van der Waals surface area contributed by atoms with Crippen LogP contribution in [0.4, 0.5) is 9.93 Å².